The second-order valence-corrected chi connectivity index (χ2v) is 7.94. The molecule has 0 unspecified atom stereocenters. The van der Waals surface area contributed by atoms with E-state index in [1.54, 1.807) is 4.68 Å². The molecule has 0 aliphatic rings. The van der Waals surface area contributed by atoms with Crippen LogP contribution in [0.2, 0.25) is 5.02 Å². The lowest BCUT2D eigenvalue weighted by Gasteiger charge is -2.00. The first kappa shape index (κ1) is 20.1. The van der Waals surface area contributed by atoms with Crippen molar-refractivity contribution < 1.29 is 8.94 Å². The van der Waals surface area contributed by atoms with E-state index in [-0.39, 0.29) is 0 Å². The van der Waals surface area contributed by atoms with Crippen LogP contribution in [0.3, 0.4) is 0 Å². The van der Waals surface area contributed by atoms with E-state index in [0.29, 0.717) is 40.6 Å². The molecule has 0 radical (unpaired) electrons. The highest BCUT2D eigenvalue weighted by molar-refractivity contribution is 6.30. The van der Waals surface area contributed by atoms with Crippen molar-refractivity contribution in [2.75, 3.05) is 0 Å². The summed E-state index contributed by atoms with van der Waals surface area (Å²) in [7, 11) is 0. The molecule has 160 valence electrons. The predicted molar refractivity (Wildman–Crippen MR) is 119 cm³/mol. The van der Waals surface area contributed by atoms with Crippen LogP contribution in [0.4, 0.5) is 0 Å². The van der Waals surface area contributed by atoms with Gasteiger partial charge in [-0.05, 0) is 39.0 Å². The van der Waals surface area contributed by atoms with Gasteiger partial charge in [0.2, 0.25) is 11.7 Å². The van der Waals surface area contributed by atoms with Crippen molar-refractivity contribution in [2.45, 2.75) is 27.3 Å². The first-order valence-electron chi connectivity index (χ1n) is 10.0. The maximum atomic E-state index is 6.09. The third-order valence-electron chi connectivity index (χ3n) is 5.18. The second kappa shape index (κ2) is 8.05. The molecule has 2 aromatic carbocycles. The van der Waals surface area contributed by atoms with Gasteiger partial charge in [-0.25, -0.2) is 9.67 Å². The van der Waals surface area contributed by atoms with Gasteiger partial charge in [-0.2, -0.15) is 4.98 Å². The Morgan fingerprint density at radius 3 is 2.53 bits per heavy atom. The zero-order valence-electron chi connectivity index (χ0n) is 17.7. The molecule has 5 rings (SSSR count). The first-order valence-corrected chi connectivity index (χ1v) is 10.4. The zero-order chi connectivity index (χ0) is 22.2. The monoisotopic (exact) mass is 446 g/mol. The number of rotatable bonds is 5. The molecule has 0 fully saturated rings. The number of halogens is 1. The molecule has 32 heavy (non-hydrogen) atoms. The number of nitrogens with zero attached hydrogens (tertiary/aromatic N) is 6. The molecule has 0 N–H and O–H groups in total. The Hall–Kier alpha value is -3.78. The fourth-order valence-corrected chi connectivity index (χ4v) is 3.50. The van der Waals surface area contributed by atoms with Crippen molar-refractivity contribution in [3.05, 3.63) is 76.3 Å². The van der Waals surface area contributed by atoms with Crippen LogP contribution in [-0.2, 0) is 6.54 Å². The van der Waals surface area contributed by atoms with E-state index in [1.165, 1.54) is 0 Å². The lowest BCUT2D eigenvalue weighted by atomic mass is 10.1. The number of oxazole rings is 1. The summed E-state index contributed by atoms with van der Waals surface area (Å²) in [6.07, 6.45) is 0. The van der Waals surface area contributed by atoms with Crippen LogP contribution < -0.4 is 0 Å². The molecule has 0 bridgehead atoms. The normalized spacial score (nSPS) is 11.2. The van der Waals surface area contributed by atoms with Gasteiger partial charge in [-0.1, -0.05) is 57.9 Å². The minimum absolute atomic E-state index is 0.320. The van der Waals surface area contributed by atoms with Crippen LogP contribution in [0, 0.1) is 20.8 Å². The summed E-state index contributed by atoms with van der Waals surface area (Å²) in [4.78, 5) is 9.12. The van der Waals surface area contributed by atoms with Crippen molar-refractivity contribution in [3.63, 3.8) is 0 Å². The molecular formula is C23H19ClN6O2. The summed E-state index contributed by atoms with van der Waals surface area (Å²) < 4.78 is 13.0. The van der Waals surface area contributed by atoms with Crippen LogP contribution in [-0.4, -0.2) is 30.1 Å². The standard InChI is InChI=1S/C23H19ClN6O2/c1-13-7-9-16(10-8-13)21-26-23(32-28-21)20-14(2)30(29-27-20)12-19-15(3)31-22(25-19)17-5-4-6-18(24)11-17/h4-11H,12H2,1-3H3. The van der Waals surface area contributed by atoms with Crippen molar-refractivity contribution >= 4 is 11.6 Å². The lowest BCUT2D eigenvalue weighted by Crippen LogP contribution is -2.05. The molecule has 0 saturated heterocycles. The van der Waals surface area contributed by atoms with Gasteiger partial charge in [-0.3, -0.25) is 0 Å². The van der Waals surface area contributed by atoms with Crippen molar-refractivity contribution in [2.24, 2.45) is 0 Å². The van der Waals surface area contributed by atoms with E-state index >= 15 is 0 Å². The highest BCUT2D eigenvalue weighted by Crippen LogP contribution is 2.26. The minimum Gasteiger partial charge on any atom is -0.441 e. The average molecular weight is 447 g/mol. The van der Waals surface area contributed by atoms with Crippen LogP contribution in [0.5, 0.6) is 0 Å². The molecule has 0 aliphatic heterocycles. The van der Waals surface area contributed by atoms with Crippen molar-refractivity contribution in [1.29, 1.82) is 0 Å². The summed E-state index contributed by atoms with van der Waals surface area (Å²) in [5, 5.41) is 13.2. The lowest BCUT2D eigenvalue weighted by molar-refractivity contribution is 0.430. The highest BCUT2D eigenvalue weighted by atomic mass is 35.5. The van der Waals surface area contributed by atoms with Crippen LogP contribution in [0.15, 0.2) is 57.5 Å². The zero-order valence-corrected chi connectivity index (χ0v) is 18.5. The molecule has 3 heterocycles. The van der Waals surface area contributed by atoms with E-state index < -0.39 is 0 Å². The highest BCUT2D eigenvalue weighted by Gasteiger charge is 2.20. The summed E-state index contributed by atoms with van der Waals surface area (Å²) in [5.41, 5.74) is 4.94. The number of aromatic nitrogens is 6. The average Bonchev–Trinajstić information content (AvgIpc) is 3.49. The molecule has 0 aliphatic carbocycles. The number of hydrogen-bond donors (Lipinski definition) is 0. The van der Waals surface area contributed by atoms with E-state index in [1.807, 2.05) is 69.3 Å². The maximum absolute atomic E-state index is 6.09. The first-order chi connectivity index (χ1) is 15.5. The molecule has 0 spiro atoms. The number of aryl methyl sites for hydroxylation is 2. The Bertz CT molecular complexity index is 1400. The Morgan fingerprint density at radius 2 is 1.75 bits per heavy atom. The van der Waals surface area contributed by atoms with Crippen LogP contribution in [0.25, 0.3) is 34.4 Å². The van der Waals surface area contributed by atoms with Crippen LogP contribution in [0.1, 0.15) is 22.7 Å². The van der Waals surface area contributed by atoms with Crippen molar-refractivity contribution in [1.82, 2.24) is 30.1 Å². The predicted octanol–water partition coefficient (Wildman–Crippen LogP) is 5.28. The minimum atomic E-state index is 0.320. The molecule has 5 aromatic rings. The number of benzene rings is 2. The van der Waals surface area contributed by atoms with Crippen LogP contribution >= 0.6 is 11.6 Å². The Labute approximate surface area is 188 Å². The van der Waals surface area contributed by atoms with E-state index in [4.69, 9.17) is 20.5 Å². The summed E-state index contributed by atoms with van der Waals surface area (Å²) >= 11 is 6.09. The fourth-order valence-electron chi connectivity index (χ4n) is 3.31. The molecule has 3 aromatic heterocycles. The second-order valence-electron chi connectivity index (χ2n) is 7.50. The van der Waals surface area contributed by atoms with Gasteiger partial charge in [0, 0.05) is 16.1 Å². The maximum Gasteiger partial charge on any atom is 0.280 e. The summed E-state index contributed by atoms with van der Waals surface area (Å²) in [6, 6.07) is 15.3. The third-order valence-corrected chi connectivity index (χ3v) is 5.42. The number of hydrogen-bond acceptors (Lipinski definition) is 7. The van der Waals surface area contributed by atoms with E-state index in [9.17, 15) is 0 Å². The molecule has 0 atom stereocenters. The van der Waals surface area contributed by atoms with E-state index in [2.05, 4.69) is 25.4 Å². The Kier molecular flexibility index (Phi) is 5.07. The van der Waals surface area contributed by atoms with Gasteiger partial charge in [0.1, 0.15) is 11.5 Å². The molecule has 8 nitrogen and oxygen atoms in total. The molecule has 9 heteroatoms. The quantitative estimate of drug-likeness (QED) is 0.362. The fraction of sp³-hybridized carbons (Fsp3) is 0.174. The van der Waals surface area contributed by atoms with Gasteiger partial charge >= 0.3 is 0 Å². The van der Waals surface area contributed by atoms with Gasteiger partial charge in [0.05, 0.1) is 12.2 Å². The SMILES string of the molecule is Cc1ccc(-c2noc(-c3nnn(Cc4nc(-c5cccc(Cl)c5)oc4C)c3C)n2)cc1. The third kappa shape index (κ3) is 3.80. The van der Waals surface area contributed by atoms with Gasteiger partial charge in [-0.15, -0.1) is 5.10 Å². The van der Waals surface area contributed by atoms with E-state index in [0.717, 1.165) is 28.1 Å². The Balaban J connectivity index is 1.40. The Morgan fingerprint density at radius 1 is 0.938 bits per heavy atom. The van der Waals surface area contributed by atoms with Crippen molar-refractivity contribution in [3.8, 4) is 34.4 Å². The molecule has 0 amide bonds. The largest absolute Gasteiger partial charge is 0.441 e. The molecule has 0 saturated carbocycles. The van der Waals surface area contributed by atoms with Gasteiger partial charge in [0.25, 0.3) is 5.89 Å². The molecular weight excluding hydrogens is 428 g/mol. The topological polar surface area (TPSA) is 95.7 Å². The summed E-state index contributed by atoms with van der Waals surface area (Å²) in [6.45, 7) is 6.20. The van der Waals surface area contributed by atoms with Gasteiger partial charge in [0.15, 0.2) is 5.69 Å². The smallest absolute Gasteiger partial charge is 0.280 e. The summed E-state index contributed by atoms with van der Waals surface area (Å²) in [5.74, 6) is 2.04. The van der Waals surface area contributed by atoms with Gasteiger partial charge < -0.3 is 8.94 Å².